The van der Waals surface area contributed by atoms with E-state index in [2.05, 4.69) is 51.4 Å². The summed E-state index contributed by atoms with van der Waals surface area (Å²) in [4.78, 5) is 9.02. The van der Waals surface area contributed by atoms with Crippen LogP contribution in [0.15, 0.2) is 29.3 Å². The van der Waals surface area contributed by atoms with Crippen molar-refractivity contribution in [3.63, 3.8) is 0 Å². The summed E-state index contributed by atoms with van der Waals surface area (Å²) in [6, 6.07) is 8.68. The zero-order valence-electron chi connectivity index (χ0n) is 18.8. The van der Waals surface area contributed by atoms with Crippen molar-refractivity contribution in [1.29, 1.82) is 0 Å². The van der Waals surface area contributed by atoms with Gasteiger partial charge in [0.15, 0.2) is 5.96 Å². The Kier molecular flexibility index (Phi) is 10.2. The molecule has 1 aliphatic heterocycles. The number of likely N-dealkylation sites (N-methyl/N-ethyl adjacent to an activating group) is 1. The summed E-state index contributed by atoms with van der Waals surface area (Å²) >= 11 is 0. The van der Waals surface area contributed by atoms with E-state index in [0.29, 0.717) is 25.1 Å². The third-order valence-electron chi connectivity index (χ3n) is 5.15. The topological polar surface area (TPSA) is 61.4 Å². The molecule has 0 radical (unpaired) electrons. The normalized spacial score (nSPS) is 16.9. The van der Waals surface area contributed by atoms with Gasteiger partial charge in [-0.25, -0.2) is 0 Å². The minimum absolute atomic E-state index is 0.464. The fourth-order valence-corrected chi connectivity index (χ4v) is 3.39. The van der Waals surface area contributed by atoms with Crippen LogP contribution < -0.4 is 15.4 Å². The number of nitrogens with zero attached hydrogens (tertiary/aromatic N) is 3. The standard InChI is InChI=1S/C22H39N5O2/c1-18(2)21(27-10-12-28-13-11-27)17-25-22(23-3)24-16-19-7-6-8-20(15-19)29-14-9-26(4)5/h6-8,15,18,21H,9-14,16-17H2,1-5H3,(H2,23,24,25). The molecule has 7 heteroatoms. The fraction of sp³-hybridized carbons (Fsp3) is 0.682. The van der Waals surface area contributed by atoms with Gasteiger partial charge in [0.2, 0.25) is 0 Å². The van der Waals surface area contributed by atoms with Crippen LogP contribution in [-0.4, -0.2) is 88.9 Å². The quantitative estimate of drug-likeness (QED) is 0.456. The maximum absolute atomic E-state index is 5.83. The van der Waals surface area contributed by atoms with Crippen LogP contribution >= 0.6 is 0 Å². The minimum Gasteiger partial charge on any atom is -0.492 e. The number of morpholine rings is 1. The lowest BCUT2D eigenvalue weighted by atomic mass is 10.0. The van der Waals surface area contributed by atoms with Crippen LogP contribution in [0, 0.1) is 5.92 Å². The van der Waals surface area contributed by atoms with E-state index in [1.807, 2.05) is 33.3 Å². The molecule has 1 aromatic carbocycles. The van der Waals surface area contributed by atoms with Crippen LogP contribution in [0.4, 0.5) is 0 Å². The molecule has 2 N–H and O–H groups in total. The van der Waals surface area contributed by atoms with E-state index in [1.165, 1.54) is 5.56 Å². The summed E-state index contributed by atoms with van der Waals surface area (Å²) in [6.45, 7) is 11.4. The third-order valence-corrected chi connectivity index (χ3v) is 5.15. The van der Waals surface area contributed by atoms with Gasteiger partial charge in [0, 0.05) is 45.8 Å². The number of hydrogen-bond donors (Lipinski definition) is 2. The Morgan fingerprint density at radius 2 is 2.00 bits per heavy atom. The highest BCUT2D eigenvalue weighted by molar-refractivity contribution is 5.79. The summed E-state index contributed by atoms with van der Waals surface area (Å²) in [5.74, 6) is 2.29. The molecule has 0 aliphatic carbocycles. The van der Waals surface area contributed by atoms with Crippen LogP contribution in [0.25, 0.3) is 0 Å². The molecule has 0 spiro atoms. The van der Waals surface area contributed by atoms with Crippen molar-refractivity contribution in [1.82, 2.24) is 20.4 Å². The second-order valence-corrected chi connectivity index (χ2v) is 8.07. The number of guanidine groups is 1. The van der Waals surface area contributed by atoms with E-state index in [1.54, 1.807) is 0 Å². The zero-order valence-corrected chi connectivity index (χ0v) is 18.8. The second kappa shape index (κ2) is 12.7. The SMILES string of the molecule is CN=C(NCc1cccc(OCCN(C)C)c1)NCC(C(C)C)N1CCOCC1. The van der Waals surface area contributed by atoms with Crippen LogP contribution in [-0.2, 0) is 11.3 Å². The van der Waals surface area contributed by atoms with Crippen LogP contribution in [0.1, 0.15) is 19.4 Å². The van der Waals surface area contributed by atoms with Gasteiger partial charge < -0.3 is 25.0 Å². The Morgan fingerprint density at radius 1 is 1.24 bits per heavy atom. The number of nitrogens with one attached hydrogen (secondary N) is 2. The Morgan fingerprint density at radius 3 is 2.66 bits per heavy atom. The largest absolute Gasteiger partial charge is 0.492 e. The van der Waals surface area contributed by atoms with E-state index < -0.39 is 0 Å². The molecular weight excluding hydrogens is 366 g/mol. The first-order valence-electron chi connectivity index (χ1n) is 10.6. The van der Waals surface area contributed by atoms with Gasteiger partial charge in [0.25, 0.3) is 0 Å². The van der Waals surface area contributed by atoms with Crippen LogP contribution in [0.2, 0.25) is 0 Å². The Labute approximate surface area is 176 Å². The van der Waals surface area contributed by atoms with E-state index >= 15 is 0 Å². The predicted octanol–water partition coefficient (Wildman–Crippen LogP) is 1.65. The van der Waals surface area contributed by atoms with Gasteiger partial charge in [-0.1, -0.05) is 26.0 Å². The molecule has 0 bridgehead atoms. The van der Waals surface area contributed by atoms with E-state index in [4.69, 9.17) is 9.47 Å². The van der Waals surface area contributed by atoms with Gasteiger partial charge in [-0.2, -0.15) is 0 Å². The highest BCUT2D eigenvalue weighted by Gasteiger charge is 2.23. The van der Waals surface area contributed by atoms with Crippen molar-refractivity contribution in [3.8, 4) is 5.75 Å². The highest BCUT2D eigenvalue weighted by Crippen LogP contribution is 2.14. The van der Waals surface area contributed by atoms with Gasteiger partial charge in [-0.05, 0) is 37.7 Å². The van der Waals surface area contributed by atoms with Gasteiger partial charge in [-0.3, -0.25) is 9.89 Å². The average molecular weight is 406 g/mol. The number of aliphatic imine (C=N–C) groups is 1. The molecule has 0 amide bonds. The first kappa shape index (κ1) is 23.4. The molecule has 0 saturated carbocycles. The maximum Gasteiger partial charge on any atom is 0.191 e. The maximum atomic E-state index is 5.83. The molecule has 1 atom stereocenters. The number of hydrogen-bond acceptors (Lipinski definition) is 5. The lowest BCUT2D eigenvalue weighted by molar-refractivity contribution is 0.00752. The van der Waals surface area contributed by atoms with Crippen molar-refractivity contribution in [2.45, 2.75) is 26.4 Å². The van der Waals surface area contributed by atoms with E-state index in [-0.39, 0.29) is 0 Å². The Bertz CT molecular complexity index is 615. The summed E-state index contributed by atoms with van der Waals surface area (Å²) in [7, 11) is 5.91. The van der Waals surface area contributed by atoms with E-state index in [0.717, 1.165) is 51.1 Å². The fourth-order valence-electron chi connectivity index (χ4n) is 3.39. The number of benzene rings is 1. The Hall–Kier alpha value is -1.83. The lowest BCUT2D eigenvalue weighted by Gasteiger charge is -2.37. The van der Waals surface area contributed by atoms with Gasteiger partial charge in [0.05, 0.1) is 13.2 Å². The van der Waals surface area contributed by atoms with Crippen molar-refractivity contribution >= 4 is 5.96 Å². The first-order chi connectivity index (χ1) is 14.0. The molecule has 0 aromatic heterocycles. The van der Waals surface area contributed by atoms with Crippen LogP contribution in [0.3, 0.4) is 0 Å². The molecule has 1 fully saturated rings. The van der Waals surface area contributed by atoms with Crippen molar-refractivity contribution in [2.24, 2.45) is 10.9 Å². The monoisotopic (exact) mass is 405 g/mol. The van der Waals surface area contributed by atoms with Crippen molar-refractivity contribution in [3.05, 3.63) is 29.8 Å². The Balaban J connectivity index is 1.82. The predicted molar refractivity (Wildman–Crippen MR) is 120 cm³/mol. The summed E-state index contributed by atoms with van der Waals surface area (Å²) in [5.41, 5.74) is 1.17. The molecule has 1 saturated heterocycles. The van der Waals surface area contributed by atoms with Gasteiger partial charge in [0.1, 0.15) is 12.4 Å². The van der Waals surface area contributed by atoms with Gasteiger partial charge in [-0.15, -0.1) is 0 Å². The van der Waals surface area contributed by atoms with Crippen molar-refractivity contribution < 1.29 is 9.47 Å². The molecule has 7 nitrogen and oxygen atoms in total. The smallest absolute Gasteiger partial charge is 0.191 e. The summed E-state index contributed by atoms with van der Waals surface area (Å²) < 4.78 is 11.3. The molecule has 1 unspecified atom stereocenters. The highest BCUT2D eigenvalue weighted by atomic mass is 16.5. The molecule has 2 rings (SSSR count). The van der Waals surface area contributed by atoms with E-state index in [9.17, 15) is 0 Å². The summed E-state index contributed by atoms with van der Waals surface area (Å²) in [6.07, 6.45) is 0. The lowest BCUT2D eigenvalue weighted by Crippen LogP contribution is -2.52. The average Bonchev–Trinajstić information content (AvgIpc) is 2.71. The first-order valence-corrected chi connectivity index (χ1v) is 10.6. The number of rotatable bonds is 10. The second-order valence-electron chi connectivity index (χ2n) is 8.07. The molecule has 164 valence electrons. The minimum atomic E-state index is 0.464. The molecule has 1 aliphatic rings. The molecule has 1 heterocycles. The molecule has 29 heavy (non-hydrogen) atoms. The molecular formula is C22H39N5O2. The summed E-state index contributed by atoms with van der Waals surface area (Å²) in [5, 5.41) is 6.92. The van der Waals surface area contributed by atoms with Crippen LogP contribution in [0.5, 0.6) is 5.75 Å². The number of ether oxygens (including phenoxy) is 2. The third kappa shape index (κ3) is 8.60. The van der Waals surface area contributed by atoms with Gasteiger partial charge >= 0.3 is 0 Å². The zero-order chi connectivity index (χ0) is 21.1. The molecule has 1 aromatic rings. The van der Waals surface area contributed by atoms with Crippen molar-refractivity contribution in [2.75, 3.05) is 67.1 Å².